The van der Waals surface area contributed by atoms with Crippen molar-refractivity contribution in [2.75, 3.05) is 6.26 Å². The van der Waals surface area contributed by atoms with E-state index in [1.165, 1.54) is 16.0 Å². The van der Waals surface area contributed by atoms with Crippen molar-refractivity contribution in [3.05, 3.63) is 64.7 Å². The van der Waals surface area contributed by atoms with E-state index in [2.05, 4.69) is 17.4 Å². The van der Waals surface area contributed by atoms with Crippen LogP contribution in [0.4, 0.5) is 4.79 Å². The van der Waals surface area contributed by atoms with Gasteiger partial charge in [0.05, 0.1) is 6.54 Å². The number of aryl methyl sites for hydroxylation is 2. The van der Waals surface area contributed by atoms with E-state index >= 15 is 0 Å². The monoisotopic (exact) mass is 366 g/mol. The van der Waals surface area contributed by atoms with Crippen LogP contribution in [0.15, 0.2) is 47.4 Å². The molecule has 2 aliphatic rings. The van der Waals surface area contributed by atoms with E-state index in [-0.39, 0.29) is 11.9 Å². The first kappa shape index (κ1) is 17.2. The molecule has 0 spiro atoms. The molecule has 1 N–H and O–H groups in total. The van der Waals surface area contributed by atoms with Crippen molar-refractivity contribution in [1.82, 2.24) is 10.2 Å². The number of fused-ring (bicyclic) bond motifs is 1. The average Bonchev–Trinajstić information content (AvgIpc) is 3.21. The van der Waals surface area contributed by atoms with Gasteiger partial charge in [-0.1, -0.05) is 30.3 Å². The van der Waals surface area contributed by atoms with Crippen molar-refractivity contribution in [2.24, 2.45) is 0 Å². The number of urea groups is 1. The molecule has 4 nitrogen and oxygen atoms in total. The van der Waals surface area contributed by atoms with Crippen molar-refractivity contribution in [1.29, 1.82) is 0 Å². The van der Waals surface area contributed by atoms with Gasteiger partial charge >= 0.3 is 6.03 Å². The summed E-state index contributed by atoms with van der Waals surface area (Å²) >= 11 is 1.67. The Morgan fingerprint density at radius 1 is 1.08 bits per heavy atom. The molecule has 1 atom stereocenters. The van der Waals surface area contributed by atoms with Gasteiger partial charge in [0.15, 0.2) is 0 Å². The summed E-state index contributed by atoms with van der Waals surface area (Å²) in [6.07, 6.45) is 5.33. The Morgan fingerprint density at radius 3 is 2.54 bits per heavy atom. The quantitative estimate of drug-likeness (QED) is 0.660. The maximum absolute atomic E-state index is 13.1. The molecule has 1 aliphatic heterocycles. The Hall–Kier alpha value is -2.27. The number of carbonyl (C=O) groups excluding carboxylic acids is 2. The van der Waals surface area contributed by atoms with E-state index in [1.54, 1.807) is 18.7 Å². The first-order chi connectivity index (χ1) is 12.5. The van der Waals surface area contributed by atoms with E-state index in [0.717, 1.165) is 35.3 Å². The van der Waals surface area contributed by atoms with Crippen LogP contribution in [0.25, 0.3) is 0 Å². The van der Waals surface area contributed by atoms with E-state index in [1.807, 2.05) is 36.6 Å². The number of hydrogen-bond donors (Lipinski definition) is 1. The van der Waals surface area contributed by atoms with Crippen molar-refractivity contribution >= 4 is 23.7 Å². The lowest BCUT2D eigenvalue weighted by molar-refractivity contribution is -0.131. The first-order valence-electron chi connectivity index (χ1n) is 8.90. The topological polar surface area (TPSA) is 49.4 Å². The van der Waals surface area contributed by atoms with Crippen molar-refractivity contribution < 1.29 is 9.59 Å². The number of nitrogens with one attached hydrogen (secondary N) is 1. The normalized spacial score (nSPS) is 21.8. The van der Waals surface area contributed by atoms with E-state index in [4.69, 9.17) is 0 Å². The van der Waals surface area contributed by atoms with Gasteiger partial charge in [0.1, 0.15) is 5.54 Å². The molecule has 134 valence electrons. The fourth-order valence-electron chi connectivity index (χ4n) is 3.83. The summed E-state index contributed by atoms with van der Waals surface area (Å²) in [4.78, 5) is 28.1. The van der Waals surface area contributed by atoms with Gasteiger partial charge < -0.3 is 5.32 Å². The van der Waals surface area contributed by atoms with Crippen LogP contribution in [0.3, 0.4) is 0 Å². The lowest BCUT2D eigenvalue weighted by atomic mass is 9.89. The molecule has 0 unspecified atom stereocenters. The molecule has 2 aromatic carbocycles. The van der Waals surface area contributed by atoms with Crippen LogP contribution in [0.2, 0.25) is 0 Å². The number of rotatable bonds is 4. The van der Waals surface area contributed by atoms with Gasteiger partial charge in [0.25, 0.3) is 5.91 Å². The van der Waals surface area contributed by atoms with Crippen LogP contribution < -0.4 is 5.32 Å². The van der Waals surface area contributed by atoms with E-state index < -0.39 is 5.54 Å². The van der Waals surface area contributed by atoms with Gasteiger partial charge in [0.2, 0.25) is 0 Å². The van der Waals surface area contributed by atoms with Crippen molar-refractivity contribution in [2.45, 2.75) is 43.2 Å². The second kappa shape index (κ2) is 6.47. The molecule has 5 heteroatoms. The van der Waals surface area contributed by atoms with Gasteiger partial charge in [-0.15, -0.1) is 11.8 Å². The molecule has 1 saturated heterocycles. The van der Waals surface area contributed by atoms with E-state index in [0.29, 0.717) is 6.54 Å². The zero-order valence-corrected chi connectivity index (χ0v) is 15.9. The standard InChI is InChI=1S/C21H22N2O2S/c1-21(17-9-8-15-4-3-5-16(15)12-17)19(24)23(20(25)22-21)13-14-6-10-18(26-2)11-7-14/h6-12H,3-5,13H2,1-2H3,(H,22,25)/t21-/m1/s1. The third kappa shape index (κ3) is 2.80. The van der Waals surface area contributed by atoms with Gasteiger partial charge in [0, 0.05) is 4.90 Å². The van der Waals surface area contributed by atoms with Gasteiger partial charge in [-0.3, -0.25) is 9.69 Å². The van der Waals surface area contributed by atoms with Crippen LogP contribution >= 0.6 is 11.8 Å². The fourth-order valence-corrected chi connectivity index (χ4v) is 4.24. The third-order valence-electron chi connectivity index (χ3n) is 5.45. The summed E-state index contributed by atoms with van der Waals surface area (Å²) in [5.41, 5.74) is 3.49. The Kier molecular flexibility index (Phi) is 4.27. The van der Waals surface area contributed by atoms with Crippen molar-refractivity contribution in [3.8, 4) is 0 Å². The molecule has 1 heterocycles. The smallest absolute Gasteiger partial charge is 0.319 e. The summed E-state index contributed by atoms with van der Waals surface area (Å²) in [6, 6.07) is 13.8. The van der Waals surface area contributed by atoms with Crippen LogP contribution in [-0.4, -0.2) is 23.1 Å². The molecule has 3 amide bonds. The molecule has 26 heavy (non-hydrogen) atoms. The summed E-state index contributed by atoms with van der Waals surface area (Å²) in [7, 11) is 0. The average molecular weight is 366 g/mol. The van der Waals surface area contributed by atoms with Crippen LogP contribution in [0.5, 0.6) is 0 Å². The Balaban J connectivity index is 1.59. The maximum Gasteiger partial charge on any atom is 0.325 e. The largest absolute Gasteiger partial charge is 0.325 e. The molecular weight excluding hydrogens is 344 g/mol. The second-order valence-corrected chi connectivity index (χ2v) is 8.01. The highest BCUT2D eigenvalue weighted by Crippen LogP contribution is 2.33. The summed E-state index contributed by atoms with van der Waals surface area (Å²) in [5, 5.41) is 2.91. The van der Waals surface area contributed by atoms with Crippen molar-refractivity contribution in [3.63, 3.8) is 0 Å². The SMILES string of the molecule is CSc1ccc(CN2C(=O)N[C@](C)(c3ccc4c(c3)CCC4)C2=O)cc1. The lowest BCUT2D eigenvalue weighted by Crippen LogP contribution is -2.40. The molecule has 1 fully saturated rings. The van der Waals surface area contributed by atoms with E-state index in [9.17, 15) is 9.59 Å². The molecule has 0 saturated carbocycles. The number of carbonyl (C=O) groups is 2. The zero-order chi connectivity index (χ0) is 18.3. The number of imide groups is 1. The molecule has 0 bridgehead atoms. The number of benzene rings is 2. The molecule has 0 aromatic heterocycles. The van der Waals surface area contributed by atoms with Crippen LogP contribution in [0, 0.1) is 0 Å². The number of amides is 3. The molecule has 2 aromatic rings. The minimum atomic E-state index is -0.992. The first-order valence-corrected chi connectivity index (χ1v) is 10.1. The van der Waals surface area contributed by atoms with Gasteiger partial charge in [-0.25, -0.2) is 4.79 Å². The maximum atomic E-state index is 13.1. The third-order valence-corrected chi connectivity index (χ3v) is 6.19. The van der Waals surface area contributed by atoms with Crippen LogP contribution in [-0.2, 0) is 29.7 Å². The minimum absolute atomic E-state index is 0.186. The summed E-state index contributed by atoms with van der Waals surface area (Å²) < 4.78 is 0. The number of thioether (sulfide) groups is 1. The molecule has 1 aliphatic carbocycles. The summed E-state index contributed by atoms with van der Waals surface area (Å²) in [6.45, 7) is 2.10. The molecular formula is C21H22N2O2S. The predicted octanol–water partition coefficient (Wildman–Crippen LogP) is 3.86. The highest BCUT2D eigenvalue weighted by Gasteiger charge is 2.49. The fraction of sp³-hybridized carbons (Fsp3) is 0.333. The Labute approximate surface area is 158 Å². The lowest BCUT2D eigenvalue weighted by Gasteiger charge is -2.23. The Bertz CT molecular complexity index is 878. The highest BCUT2D eigenvalue weighted by molar-refractivity contribution is 7.98. The Morgan fingerprint density at radius 2 is 1.81 bits per heavy atom. The van der Waals surface area contributed by atoms with Crippen LogP contribution in [0.1, 0.15) is 35.6 Å². The molecule has 0 radical (unpaired) electrons. The highest BCUT2D eigenvalue weighted by atomic mass is 32.2. The number of nitrogens with zero attached hydrogens (tertiary/aromatic N) is 1. The summed E-state index contributed by atoms with van der Waals surface area (Å²) in [5.74, 6) is -0.186. The number of hydrogen-bond acceptors (Lipinski definition) is 3. The minimum Gasteiger partial charge on any atom is -0.319 e. The predicted molar refractivity (Wildman–Crippen MR) is 103 cm³/mol. The zero-order valence-electron chi connectivity index (χ0n) is 15.0. The second-order valence-electron chi connectivity index (χ2n) is 7.13. The van der Waals surface area contributed by atoms with Gasteiger partial charge in [-0.05, 0) is 66.8 Å². The van der Waals surface area contributed by atoms with Gasteiger partial charge in [-0.2, -0.15) is 0 Å². The molecule has 4 rings (SSSR count).